The predicted octanol–water partition coefficient (Wildman–Crippen LogP) is 0.399. The first kappa shape index (κ1) is 26.0. The van der Waals surface area contributed by atoms with Crippen LogP contribution >= 0.6 is 34.9 Å². The summed E-state index contributed by atoms with van der Waals surface area (Å²) in [7, 11) is 3.01. The summed E-state index contributed by atoms with van der Waals surface area (Å²) >= 11 is 3.75. The number of primary amides is 1. The van der Waals surface area contributed by atoms with E-state index in [1.807, 2.05) is 0 Å². The molecule has 3 atom stereocenters. The van der Waals surface area contributed by atoms with E-state index in [0.29, 0.717) is 21.4 Å². The number of nitrogens with zero attached hydrogens (tertiary/aromatic N) is 4. The van der Waals surface area contributed by atoms with Crippen LogP contribution in [0.3, 0.4) is 0 Å². The van der Waals surface area contributed by atoms with E-state index in [1.54, 1.807) is 36.2 Å². The molecule has 0 bridgehead atoms. The number of aryl methyl sites for hydroxylation is 2. The first-order valence-electron chi connectivity index (χ1n) is 10.5. The van der Waals surface area contributed by atoms with Crippen molar-refractivity contribution in [3.63, 3.8) is 0 Å². The minimum atomic E-state index is -1.81. The highest BCUT2D eigenvalue weighted by atomic mass is 32.2. The fourth-order valence-corrected chi connectivity index (χ4v) is 7.08. The number of nitrogens with one attached hydrogen (secondary N) is 2. The molecule has 4 amide bonds. The topological polar surface area (TPSA) is 182 Å². The number of amides is 4. The number of hydrogen-bond acceptors (Lipinski definition) is 10. The molecule has 4 heterocycles. The summed E-state index contributed by atoms with van der Waals surface area (Å²) in [6.45, 7) is 1.80. The molecule has 2 aliphatic heterocycles. The van der Waals surface area contributed by atoms with Crippen molar-refractivity contribution in [3.05, 3.63) is 39.5 Å². The number of hydrogen-bond donors (Lipinski definition) is 4. The summed E-state index contributed by atoms with van der Waals surface area (Å²) in [6.07, 6.45) is 0. The standard InChI is InChI=1S/C20H23N7O6S3/c1-9-22-19(25-26(9)2)36-8-10-7-35-17-20(33-3,16(31)27(17)13(10)15(29)30)24-14(28)12(23-18(21)32)11-5-4-6-34-11/h4-6,12,17H,7-8H2,1-3H3,(H,24,28)(H,29,30)(H3,21,23,32)/t12?,17?,20-/m1/s1. The first-order valence-corrected chi connectivity index (χ1v) is 13.4. The maximum atomic E-state index is 13.3. The Balaban J connectivity index is 1.56. The first-order chi connectivity index (χ1) is 17.1. The summed E-state index contributed by atoms with van der Waals surface area (Å²) in [5.74, 6) is -1.45. The number of carboxylic acid groups (broad SMARTS) is 1. The van der Waals surface area contributed by atoms with Crippen molar-refractivity contribution in [2.24, 2.45) is 12.8 Å². The summed E-state index contributed by atoms with van der Waals surface area (Å²) in [5, 5.41) is 20.5. The number of fused-ring (bicyclic) bond motifs is 1. The van der Waals surface area contributed by atoms with Crippen LogP contribution in [-0.4, -0.2) is 78.3 Å². The van der Waals surface area contributed by atoms with Gasteiger partial charge in [-0.2, -0.15) is 0 Å². The Labute approximate surface area is 217 Å². The molecule has 0 spiro atoms. The Hall–Kier alpha value is -3.08. The lowest BCUT2D eigenvalue weighted by Gasteiger charge is -2.56. The van der Waals surface area contributed by atoms with Crippen molar-refractivity contribution in [1.82, 2.24) is 30.3 Å². The number of aliphatic carboxylic acids is 1. The fourth-order valence-electron chi connectivity index (χ4n) is 3.82. The molecule has 192 valence electrons. The van der Waals surface area contributed by atoms with Crippen molar-refractivity contribution in [1.29, 1.82) is 0 Å². The number of nitrogens with two attached hydrogens (primary N) is 1. The number of thioether (sulfide) groups is 2. The number of carboxylic acids is 1. The second-order valence-corrected chi connectivity index (χ2v) is 10.8. The van der Waals surface area contributed by atoms with E-state index < -0.39 is 41.0 Å². The minimum Gasteiger partial charge on any atom is -0.477 e. The van der Waals surface area contributed by atoms with E-state index in [1.165, 1.54) is 42.0 Å². The zero-order valence-corrected chi connectivity index (χ0v) is 21.8. The maximum Gasteiger partial charge on any atom is 0.352 e. The molecule has 1 saturated heterocycles. The van der Waals surface area contributed by atoms with Crippen LogP contribution in [0.5, 0.6) is 0 Å². The molecular formula is C20H23N7O6S3. The third-order valence-electron chi connectivity index (χ3n) is 5.66. The van der Waals surface area contributed by atoms with Gasteiger partial charge in [-0.15, -0.1) is 28.2 Å². The highest BCUT2D eigenvalue weighted by molar-refractivity contribution is 8.01. The van der Waals surface area contributed by atoms with Crippen LogP contribution in [0.15, 0.2) is 33.9 Å². The number of aromatic nitrogens is 3. The van der Waals surface area contributed by atoms with Gasteiger partial charge in [-0.1, -0.05) is 17.8 Å². The van der Waals surface area contributed by atoms with Gasteiger partial charge < -0.3 is 26.2 Å². The van der Waals surface area contributed by atoms with Crippen molar-refractivity contribution >= 4 is 58.7 Å². The molecule has 5 N–H and O–H groups in total. The second-order valence-electron chi connectivity index (χ2n) is 7.84. The Kier molecular flexibility index (Phi) is 7.31. The predicted molar refractivity (Wildman–Crippen MR) is 132 cm³/mol. The zero-order valence-electron chi connectivity index (χ0n) is 19.4. The van der Waals surface area contributed by atoms with Gasteiger partial charge in [-0.25, -0.2) is 14.6 Å². The Morgan fingerprint density at radius 2 is 2.19 bits per heavy atom. The third-order valence-corrected chi connectivity index (χ3v) is 8.89. The van der Waals surface area contributed by atoms with E-state index in [-0.39, 0.29) is 17.2 Å². The van der Waals surface area contributed by atoms with Crippen LogP contribution in [0, 0.1) is 6.92 Å². The SMILES string of the molecule is CO[C@]1(NC(=O)C(NC(N)=O)c2cccs2)C(=O)N2C(C(=O)O)=C(CSc3nc(C)n(C)n3)CSC21. The van der Waals surface area contributed by atoms with E-state index in [9.17, 15) is 24.3 Å². The molecule has 0 radical (unpaired) electrons. The van der Waals surface area contributed by atoms with Gasteiger partial charge >= 0.3 is 12.0 Å². The summed E-state index contributed by atoms with van der Waals surface area (Å²) < 4.78 is 7.10. The summed E-state index contributed by atoms with van der Waals surface area (Å²) in [6, 6.07) is 1.27. The molecular weight excluding hydrogens is 530 g/mol. The molecule has 36 heavy (non-hydrogen) atoms. The molecule has 2 aliphatic rings. The smallest absolute Gasteiger partial charge is 0.352 e. The third kappa shape index (κ3) is 4.56. The van der Waals surface area contributed by atoms with Gasteiger partial charge in [0.15, 0.2) is 0 Å². The summed E-state index contributed by atoms with van der Waals surface area (Å²) in [5.41, 5.74) is 3.80. The number of carbonyl (C=O) groups excluding carboxylic acids is 3. The zero-order chi connectivity index (χ0) is 26.2. The van der Waals surface area contributed by atoms with Gasteiger partial charge in [0.05, 0.1) is 0 Å². The molecule has 0 saturated carbocycles. The quantitative estimate of drug-likeness (QED) is 0.193. The Bertz CT molecular complexity index is 1230. The number of urea groups is 1. The average Bonchev–Trinajstić information content (AvgIpc) is 3.48. The fraction of sp³-hybridized carbons (Fsp3) is 0.400. The molecule has 2 aromatic heterocycles. The molecule has 2 unspecified atom stereocenters. The number of ether oxygens (including phenoxy) is 1. The molecule has 13 nitrogen and oxygen atoms in total. The van der Waals surface area contributed by atoms with E-state index in [4.69, 9.17) is 10.5 Å². The van der Waals surface area contributed by atoms with Crippen LogP contribution in [0.25, 0.3) is 0 Å². The van der Waals surface area contributed by atoms with Crippen molar-refractivity contribution in [2.75, 3.05) is 18.6 Å². The van der Waals surface area contributed by atoms with Crippen LogP contribution in [0.1, 0.15) is 16.7 Å². The number of methoxy groups -OCH3 is 1. The highest BCUT2D eigenvalue weighted by Gasteiger charge is 2.67. The highest BCUT2D eigenvalue weighted by Crippen LogP contribution is 2.47. The number of rotatable bonds is 9. The molecule has 16 heteroatoms. The molecule has 1 fully saturated rings. The number of β-lactam (4-membered cyclic amide) rings is 1. The van der Waals surface area contributed by atoms with Gasteiger partial charge in [0.1, 0.15) is 22.9 Å². The monoisotopic (exact) mass is 553 g/mol. The van der Waals surface area contributed by atoms with Gasteiger partial charge in [-0.05, 0) is 23.9 Å². The summed E-state index contributed by atoms with van der Waals surface area (Å²) in [4.78, 5) is 56.1. The Morgan fingerprint density at radius 3 is 2.75 bits per heavy atom. The van der Waals surface area contributed by atoms with Crippen LogP contribution in [-0.2, 0) is 26.2 Å². The number of thiophene rings is 1. The van der Waals surface area contributed by atoms with Crippen LogP contribution in [0.2, 0.25) is 0 Å². The normalized spacial score (nSPS) is 22.0. The molecule has 2 aromatic rings. The van der Waals surface area contributed by atoms with Gasteiger partial charge in [0, 0.05) is 30.5 Å². The Morgan fingerprint density at radius 1 is 1.44 bits per heavy atom. The lowest BCUT2D eigenvalue weighted by Crippen LogP contribution is -2.81. The number of carbonyl (C=O) groups is 4. The van der Waals surface area contributed by atoms with Crippen molar-refractivity contribution in [3.8, 4) is 0 Å². The van der Waals surface area contributed by atoms with E-state index >= 15 is 0 Å². The lowest BCUT2D eigenvalue weighted by molar-refractivity contribution is -0.192. The lowest BCUT2D eigenvalue weighted by atomic mass is 9.97. The molecule has 0 aromatic carbocycles. The van der Waals surface area contributed by atoms with Crippen LogP contribution in [0.4, 0.5) is 4.79 Å². The van der Waals surface area contributed by atoms with E-state index in [2.05, 4.69) is 20.7 Å². The molecule has 0 aliphatic carbocycles. The largest absolute Gasteiger partial charge is 0.477 e. The average molecular weight is 554 g/mol. The van der Waals surface area contributed by atoms with Gasteiger partial charge in [0.25, 0.3) is 17.5 Å². The van der Waals surface area contributed by atoms with Crippen molar-refractivity contribution in [2.45, 2.75) is 29.2 Å². The van der Waals surface area contributed by atoms with Crippen LogP contribution < -0.4 is 16.4 Å². The maximum absolute atomic E-state index is 13.3. The minimum absolute atomic E-state index is 0.157. The van der Waals surface area contributed by atoms with E-state index in [0.717, 1.165) is 4.90 Å². The molecule has 4 rings (SSSR count). The van der Waals surface area contributed by atoms with Crippen molar-refractivity contribution < 1.29 is 29.0 Å². The van der Waals surface area contributed by atoms with Gasteiger partial charge in [0.2, 0.25) is 5.16 Å². The van der Waals surface area contributed by atoms with Gasteiger partial charge in [-0.3, -0.25) is 19.2 Å². The second kappa shape index (κ2) is 10.1.